The van der Waals surface area contributed by atoms with Crippen molar-refractivity contribution >= 4 is 17.9 Å². The zero-order valence-electron chi connectivity index (χ0n) is 12.9. The second-order valence-corrected chi connectivity index (χ2v) is 6.10. The van der Waals surface area contributed by atoms with Gasteiger partial charge in [-0.3, -0.25) is 9.59 Å². The molecule has 0 aromatic heterocycles. The summed E-state index contributed by atoms with van der Waals surface area (Å²) in [7, 11) is 0. The van der Waals surface area contributed by atoms with Gasteiger partial charge in [-0.1, -0.05) is 0 Å². The molecule has 7 nitrogen and oxygen atoms in total. The van der Waals surface area contributed by atoms with E-state index in [1.807, 2.05) is 13.8 Å². The molecule has 0 aromatic carbocycles. The van der Waals surface area contributed by atoms with Crippen LogP contribution in [0, 0.1) is 5.41 Å². The van der Waals surface area contributed by atoms with E-state index in [0.29, 0.717) is 19.4 Å². The molecular weight excluding hydrogens is 274 g/mol. The highest BCUT2D eigenvalue weighted by atomic mass is 16.4. The molecule has 1 fully saturated rings. The van der Waals surface area contributed by atoms with Crippen LogP contribution in [-0.4, -0.2) is 53.6 Å². The van der Waals surface area contributed by atoms with Crippen molar-refractivity contribution in [1.29, 1.82) is 0 Å². The van der Waals surface area contributed by atoms with Gasteiger partial charge in [0.05, 0.1) is 5.41 Å². The summed E-state index contributed by atoms with van der Waals surface area (Å²) in [6, 6.07) is -0.230. The molecule has 1 aliphatic heterocycles. The Morgan fingerprint density at radius 1 is 1.33 bits per heavy atom. The number of aliphatic carboxylic acids is 1. The molecule has 1 unspecified atom stereocenters. The maximum absolute atomic E-state index is 12.0. The molecular formula is C14H25N3O4. The van der Waals surface area contributed by atoms with Crippen LogP contribution in [0.2, 0.25) is 0 Å². The maximum atomic E-state index is 12.0. The van der Waals surface area contributed by atoms with Gasteiger partial charge in [0, 0.05) is 32.1 Å². The Bertz CT molecular complexity index is 411. The third-order valence-electron chi connectivity index (χ3n) is 3.58. The quantitative estimate of drug-likeness (QED) is 0.699. The number of urea groups is 1. The summed E-state index contributed by atoms with van der Waals surface area (Å²) < 4.78 is 0. The predicted octanol–water partition coefficient (Wildman–Crippen LogP) is 0.797. The lowest BCUT2D eigenvalue weighted by molar-refractivity contribution is -0.150. The summed E-state index contributed by atoms with van der Waals surface area (Å²) in [5.74, 6) is -0.990. The highest BCUT2D eigenvalue weighted by Crippen LogP contribution is 2.29. The average Bonchev–Trinajstić information content (AvgIpc) is 2.37. The average molecular weight is 299 g/mol. The molecule has 1 atom stereocenters. The summed E-state index contributed by atoms with van der Waals surface area (Å²) in [6.07, 6.45) is 1.46. The number of carbonyl (C=O) groups excluding carboxylic acids is 2. The van der Waals surface area contributed by atoms with Crippen molar-refractivity contribution in [3.8, 4) is 0 Å². The highest BCUT2D eigenvalue weighted by molar-refractivity contribution is 5.80. The van der Waals surface area contributed by atoms with E-state index in [-0.39, 0.29) is 37.5 Å². The lowest BCUT2D eigenvalue weighted by Crippen LogP contribution is -2.51. The molecule has 0 aliphatic carbocycles. The van der Waals surface area contributed by atoms with Crippen LogP contribution >= 0.6 is 0 Å². The SMILES string of the molecule is CC(C)NC(=O)CCNC(=O)N1CCCC(C)(C(=O)O)C1. The summed E-state index contributed by atoms with van der Waals surface area (Å²) in [6.45, 7) is 6.40. The summed E-state index contributed by atoms with van der Waals surface area (Å²) in [5.41, 5.74) is -0.884. The minimum absolute atomic E-state index is 0.0755. The van der Waals surface area contributed by atoms with E-state index in [4.69, 9.17) is 0 Å². The molecule has 0 radical (unpaired) electrons. The molecule has 0 aromatic rings. The zero-order valence-corrected chi connectivity index (χ0v) is 12.9. The molecule has 0 saturated carbocycles. The van der Waals surface area contributed by atoms with Gasteiger partial charge in [-0.15, -0.1) is 0 Å². The topological polar surface area (TPSA) is 98.7 Å². The number of amides is 3. The second kappa shape index (κ2) is 7.28. The van der Waals surface area contributed by atoms with Gasteiger partial charge in [-0.25, -0.2) is 4.79 Å². The standard InChI is InChI=1S/C14H25N3O4/c1-10(2)16-11(18)5-7-15-13(21)17-8-4-6-14(3,9-17)12(19)20/h10H,4-9H2,1-3H3,(H,15,21)(H,16,18)(H,19,20). The van der Waals surface area contributed by atoms with Crippen molar-refractivity contribution < 1.29 is 19.5 Å². The molecule has 3 amide bonds. The third kappa shape index (κ3) is 5.24. The fourth-order valence-corrected chi connectivity index (χ4v) is 2.38. The molecule has 21 heavy (non-hydrogen) atoms. The summed E-state index contributed by atoms with van der Waals surface area (Å²) in [4.78, 5) is 36.2. The van der Waals surface area contributed by atoms with Gasteiger partial charge in [0.2, 0.25) is 5.91 Å². The number of nitrogens with zero attached hydrogens (tertiary/aromatic N) is 1. The first-order valence-corrected chi connectivity index (χ1v) is 7.30. The third-order valence-corrected chi connectivity index (χ3v) is 3.58. The van der Waals surface area contributed by atoms with E-state index < -0.39 is 11.4 Å². The van der Waals surface area contributed by atoms with Crippen LogP contribution in [0.5, 0.6) is 0 Å². The van der Waals surface area contributed by atoms with Crippen LogP contribution in [0.3, 0.4) is 0 Å². The van der Waals surface area contributed by atoms with Gasteiger partial charge >= 0.3 is 12.0 Å². The molecule has 3 N–H and O–H groups in total. The number of piperidine rings is 1. The summed E-state index contributed by atoms with van der Waals surface area (Å²) in [5, 5.41) is 14.6. The van der Waals surface area contributed by atoms with Crippen LogP contribution in [-0.2, 0) is 9.59 Å². The van der Waals surface area contributed by atoms with Gasteiger partial charge < -0.3 is 20.6 Å². The zero-order chi connectivity index (χ0) is 16.0. The lowest BCUT2D eigenvalue weighted by Gasteiger charge is -2.37. The number of hydrogen-bond acceptors (Lipinski definition) is 3. The van der Waals surface area contributed by atoms with Crippen molar-refractivity contribution in [2.75, 3.05) is 19.6 Å². The van der Waals surface area contributed by atoms with Crippen molar-refractivity contribution in [3.05, 3.63) is 0 Å². The molecule has 1 saturated heterocycles. The number of carboxylic acids is 1. The first-order valence-electron chi connectivity index (χ1n) is 7.30. The first kappa shape index (κ1) is 17.3. The van der Waals surface area contributed by atoms with Crippen LogP contribution in [0.25, 0.3) is 0 Å². The Balaban J connectivity index is 2.38. The van der Waals surface area contributed by atoms with Crippen LogP contribution in [0.4, 0.5) is 4.79 Å². The molecule has 7 heteroatoms. The monoisotopic (exact) mass is 299 g/mol. The second-order valence-electron chi connectivity index (χ2n) is 6.10. The van der Waals surface area contributed by atoms with Gasteiger partial charge in [0.15, 0.2) is 0 Å². The largest absolute Gasteiger partial charge is 0.481 e. The Hall–Kier alpha value is -1.79. The minimum Gasteiger partial charge on any atom is -0.481 e. The van der Waals surface area contributed by atoms with E-state index in [1.54, 1.807) is 6.92 Å². The molecule has 0 spiro atoms. The van der Waals surface area contributed by atoms with E-state index in [2.05, 4.69) is 10.6 Å². The van der Waals surface area contributed by atoms with Crippen LogP contribution < -0.4 is 10.6 Å². The Kier molecular flexibility index (Phi) is 5.99. The lowest BCUT2D eigenvalue weighted by atomic mass is 9.82. The molecule has 1 rings (SSSR count). The number of rotatable bonds is 5. The summed E-state index contributed by atoms with van der Waals surface area (Å²) >= 11 is 0. The van der Waals surface area contributed by atoms with Gasteiger partial charge in [0.25, 0.3) is 0 Å². The number of hydrogen-bond donors (Lipinski definition) is 3. The number of likely N-dealkylation sites (tertiary alicyclic amines) is 1. The molecule has 0 bridgehead atoms. The number of carboxylic acid groups (broad SMARTS) is 1. The minimum atomic E-state index is -0.884. The van der Waals surface area contributed by atoms with Crippen molar-refractivity contribution in [3.63, 3.8) is 0 Å². The van der Waals surface area contributed by atoms with Crippen molar-refractivity contribution in [2.45, 2.75) is 46.1 Å². The Labute approximate surface area is 125 Å². The van der Waals surface area contributed by atoms with E-state index >= 15 is 0 Å². The van der Waals surface area contributed by atoms with E-state index in [0.717, 1.165) is 0 Å². The highest BCUT2D eigenvalue weighted by Gasteiger charge is 2.39. The van der Waals surface area contributed by atoms with Crippen molar-refractivity contribution in [2.24, 2.45) is 5.41 Å². The first-order chi connectivity index (χ1) is 9.74. The molecule has 120 valence electrons. The van der Waals surface area contributed by atoms with Crippen LogP contribution in [0.15, 0.2) is 0 Å². The maximum Gasteiger partial charge on any atom is 0.317 e. The van der Waals surface area contributed by atoms with Gasteiger partial charge in [-0.05, 0) is 33.6 Å². The fraction of sp³-hybridized carbons (Fsp3) is 0.786. The van der Waals surface area contributed by atoms with E-state index in [1.165, 1.54) is 4.90 Å². The number of nitrogens with one attached hydrogen (secondary N) is 2. The molecule has 1 aliphatic rings. The van der Waals surface area contributed by atoms with Crippen LogP contribution in [0.1, 0.15) is 40.0 Å². The molecule has 1 heterocycles. The smallest absolute Gasteiger partial charge is 0.317 e. The Morgan fingerprint density at radius 2 is 2.00 bits per heavy atom. The predicted molar refractivity (Wildman–Crippen MR) is 77.8 cm³/mol. The number of carbonyl (C=O) groups is 3. The fourth-order valence-electron chi connectivity index (χ4n) is 2.38. The van der Waals surface area contributed by atoms with Crippen molar-refractivity contribution in [1.82, 2.24) is 15.5 Å². The Morgan fingerprint density at radius 3 is 2.57 bits per heavy atom. The van der Waals surface area contributed by atoms with Gasteiger partial charge in [-0.2, -0.15) is 0 Å². The van der Waals surface area contributed by atoms with Gasteiger partial charge in [0.1, 0.15) is 0 Å². The van der Waals surface area contributed by atoms with E-state index in [9.17, 15) is 19.5 Å². The normalized spacial score (nSPS) is 22.0.